The van der Waals surface area contributed by atoms with Crippen LogP contribution in [0.5, 0.6) is 5.88 Å². The van der Waals surface area contributed by atoms with Gasteiger partial charge in [0, 0.05) is 22.6 Å². The number of aromatic hydroxyl groups is 1. The van der Waals surface area contributed by atoms with Crippen LogP contribution in [-0.4, -0.2) is 20.7 Å². The minimum atomic E-state index is -4.79. The van der Waals surface area contributed by atoms with Crippen molar-refractivity contribution in [2.75, 3.05) is 0 Å². The van der Waals surface area contributed by atoms with Gasteiger partial charge in [-0.15, -0.1) is 0 Å². The van der Waals surface area contributed by atoms with E-state index in [-0.39, 0.29) is 27.3 Å². The fourth-order valence-corrected chi connectivity index (χ4v) is 3.06. The van der Waals surface area contributed by atoms with E-state index in [0.29, 0.717) is 6.07 Å². The number of aryl methyl sites for hydroxylation is 2. The molecule has 2 aromatic carbocycles. The van der Waals surface area contributed by atoms with Crippen LogP contribution < -0.4 is 0 Å². The van der Waals surface area contributed by atoms with Crippen molar-refractivity contribution in [1.29, 1.82) is 5.26 Å². The Morgan fingerprint density at radius 3 is 2.06 bits per heavy atom. The van der Waals surface area contributed by atoms with E-state index >= 15 is 0 Å². The van der Waals surface area contributed by atoms with Crippen molar-refractivity contribution in [3.8, 4) is 17.6 Å². The number of halogens is 7. The normalized spacial score (nSPS) is 11.2. The van der Waals surface area contributed by atoms with E-state index in [1.807, 2.05) is 0 Å². The van der Waals surface area contributed by atoms with Crippen molar-refractivity contribution >= 4 is 5.78 Å². The molecule has 0 spiro atoms. The summed E-state index contributed by atoms with van der Waals surface area (Å²) in [5.41, 5.74) is -5.87. The molecule has 1 N–H and O–H groups in total. The number of carbonyl (C=O) groups excluding carboxylic acids is 1. The largest absolute Gasteiger partial charge is 0.493 e. The molecule has 3 aromatic rings. The van der Waals surface area contributed by atoms with Gasteiger partial charge in [-0.2, -0.15) is 28.2 Å². The number of carbonyl (C=O) groups is 1. The topological polar surface area (TPSA) is 78.9 Å². The molecule has 1 aromatic heterocycles. The molecule has 13 heteroatoms. The number of alkyl halides is 3. The number of nitriles is 1. The third-order valence-corrected chi connectivity index (χ3v) is 4.49. The van der Waals surface area contributed by atoms with E-state index < -0.39 is 74.7 Å². The molecule has 33 heavy (non-hydrogen) atoms. The van der Waals surface area contributed by atoms with Gasteiger partial charge >= 0.3 is 6.18 Å². The van der Waals surface area contributed by atoms with Gasteiger partial charge in [0.25, 0.3) is 0 Å². The van der Waals surface area contributed by atoms with E-state index in [9.17, 15) is 40.6 Å². The summed E-state index contributed by atoms with van der Waals surface area (Å²) in [7, 11) is 0. The number of nitrogens with zero attached hydrogens (tertiary/aromatic N) is 3. The van der Waals surface area contributed by atoms with Crippen molar-refractivity contribution in [2.24, 2.45) is 0 Å². The molecule has 0 aliphatic rings. The summed E-state index contributed by atoms with van der Waals surface area (Å²) in [5.74, 6) is -10.7. The van der Waals surface area contributed by atoms with Gasteiger partial charge in [-0.25, -0.2) is 17.6 Å². The van der Waals surface area contributed by atoms with Crippen LogP contribution >= 0.6 is 0 Å². The zero-order valence-electron chi connectivity index (χ0n) is 16.4. The zero-order valence-corrected chi connectivity index (χ0v) is 17.3. The molecule has 0 saturated heterocycles. The van der Waals surface area contributed by atoms with Crippen molar-refractivity contribution < 1.29 is 57.7 Å². The predicted molar refractivity (Wildman–Crippen MR) is 94.1 cm³/mol. The fourth-order valence-electron chi connectivity index (χ4n) is 3.06. The second-order valence-electron chi connectivity index (χ2n) is 6.70. The number of hydrogen-bond acceptors (Lipinski definition) is 4. The standard InChI is InChI=1S/C20H10F7N3O2.Cu/c1-7-3-9(5-10(4-7)20(25,26)27)18(31)12-8(2)29-30(19(12)32)17-15(23)13(21)11(6-28)14(22)16(17)24;/h3-5,32H,1-2H3;. The Morgan fingerprint density at radius 1 is 1.03 bits per heavy atom. The van der Waals surface area contributed by atoms with Gasteiger partial charge in [-0.05, 0) is 37.6 Å². The second kappa shape index (κ2) is 8.88. The molecule has 0 atom stereocenters. The summed E-state index contributed by atoms with van der Waals surface area (Å²) in [5, 5.41) is 22.5. The van der Waals surface area contributed by atoms with E-state index in [1.165, 1.54) is 6.92 Å². The van der Waals surface area contributed by atoms with Crippen molar-refractivity contribution in [3.63, 3.8) is 0 Å². The Balaban J connectivity index is 0.00000385. The van der Waals surface area contributed by atoms with Gasteiger partial charge in [-0.3, -0.25) is 4.79 Å². The van der Waals surface area contributed by atoms with Crippen LogP contribution in [0, 0.1) is 48.4 Å². The summed E-state index contributed by atoms with van der Waals surface area (Å²) in [6, 6.07) is 3.31. The summed E-state index contributed by atoms with van der Waals surface area (Å²) >= 11 is 0. The first kappa shape index (κ1) is 25.9. The molecule has 0 bridgehead atoms. The third-order valence-electron chi connectivity index (χ3n) is 4.49. The summed E-state index contributed by atoms with van der Waals surface area (Å²) in [6.45, 7) is 2.37. The molecular formula is C20H10CuF7N3O2. The zero-order chi connectivity index (χ0) is 24.1. The average molecular weight is 521 g/mol. The van der Waals surface area contributed by atoms with Crippen LogP contribution in [0.2, 0.25) is 0 Å². The van der Waals surface area contributed by atoms with Gasteiger partial charge in [-0.1, -0.05) is 0 Å². The first-order valence-electron chi connectivity index (χ1n) is 8.58. The fraction of sp³-hybridized carbons (Fsp3) is 0.150. The molecular weight excluding hydrogens is 511 g/mol. The first-order chi connectivity index (χ1) is 14.8. The number of aromatic nitrogens is 2. The number of hydrogen-bond donors (Lipinski definition) is 1. The Kier molecular flexibility index (Phi) is 6.97. The van der Waals surface area contributed by atoms with Gasteiger partial charge in [0.05, 0.1) is 11.3 Å². The van der Waals surface area contributed by atoms with Crippen LogP contribution in [0.3, 0.4) is 0 Å². The van der Waals surface area contributed by atoms with Crippen LogP contribution in [0.4, 0.5) is 30.7 Å². The molecule has 0 unspecified atom stereocenters. The van der Waals surface area contributed by atoms with Crippen LogP contribution in [0.25, 0.3) is 5.69 Å². The molecule has 3 rings (SSSR count). The van der Waals surface area contributed by atoms with E-state index in [0.717, 1.165) is 25.1 Å². The molecule has 0 aliphatic carbocycles. The molecule has 1 radical (unpaired) electrons. The minimum Gasteiger partial charge on any atom is -0.493 e. The van der Waals surface area contributed by atoms with Crippen molar-refractivity contribution in [1.82, 2.24) is 9.78 Å². The van der Waals surface area contributed by atoms with Crippen LogP contribution in [-0.2, 0) is 23.2 Å². The summed E-state index contributed by atoms with van der Waals surface area (Å²) in [6.07, 6.45) is -4.79. The van der Waals surface area contributed by atoms with Gasteiger partial charge < -0.3 is 5.11 Å². The molecule has 1 heterocycles. The molecule has 0 aliphatic heterocycles. The maximum Gasteiger partial charge on any atom is 0.416 e. The van der Waals surface area contributed by atoms with E-state index in [1.54, 1.807) is 0 Å². The first-order valence-corrected chi connectivity index (χ1v) is 8.58. The SMILES string of the molecule is Cc1cc(C(=O)c2c(C)nn(-c3c(F)c(F)c(C#N)c(F)c3F)c2O)cc(C(F)(F)F)c1.[Cu]. The number of ketones is 1. The molecule has 5 nitrogen and oxygen atoms in total. The van der Waals surface area contributed by atoms with Crippen molar-refractivity contribution in [2.45, 2.75) is 20.0 Å². The molecule has 0 saturated carbocycles. The van der Waals surface area contributed by atoms with Crippen LogP contribution in [0.1, 0.15) is 38.3 Å². The maximum absolute atomic E-state index is 14.3. The summed E-state index contributed by atoms with van der Waals surface area (Å²) in [4.78, 5) is 12.8. The Bertz CT molecular complexity index is 1300. The predicted octanol–water partition coefficient (Wildman–Crippen LogP) is 4.87. The molecule has 0 fully saturated rings. The maximum atomic E-state index is 14.3. The van der Waals surface area contributed by atoms with E-state index in [2.05, 4.69) is 5.10 Å². The van der Waals surface area contributed by atoms with Gasteiger partial charge in [0.2, 0.25) is 5.88 Å². The minimum absolute atomic E-state index is 0. The average Bonchev–Trinajstić information content (AvgIpc) is 2.99. The Labute approximate surface area is 191 Å². The Morgan fingerprint density at radius 2 is 1.58 bits per heavy atom. The Hall–Kier alpha value is -3.36. The molecule has 0 amide bonds. The van der Waals surface area contributed by atoms with Crippen molar-refractivity contribution in [3.05, 3.63) is 75.0 Å². The monoisotopic (exact) mass is 520 g/mol. The van der Waals surface area contributed by atoms with Crippen LogP contribution in [0.15, 0.2) is 18.2 Å². The van der Waals surface area contributed by atoms with E-state index in [4.69, 9.17) is 5.26 Å². The second-order valence-corrected chi connectivity index (χ2v) is 6.70. The van der Waals surface area contributed by atoms with Gasteiger partial charge in [0.15, 0.2) is 29.1 Å². The third kappa shape index (κ3) is 4.31. The number of benzene rings is 2. The molecule has 177 valence electrons. The van der Waals surface area contributed by atoms with Gasteiger partial charge in [0.1, 0.15) is 22.9 Å². The quantitative estimate of drug-likeness (QED) is 0.231. The summed E-state index contributed by atoms with van der Waals surface area (Å²) < 4.78 is 95.8. The number of rotatable bonds is 3. The smallest absolute Gasteiger partial charge is 0.416 e.